The molecule has 2 atom stereocenters. The van der Waals surface area contributed by atoms with Crippen LogP contribution in [0.4, 0.5) is 0 Å². The molecule has 0 aromatic carbocycles. The Morgan fingerprint density at radius 2 is 2.53 bits per heavy atom. The van der Waals surface area contributed by atoms with Gasteiger partial charge in [-0.25, -0.2) is 4.98 Å². The average molecular weight is 225 g/mol. The van der Waals surface area contributed by atoms with E-state index in [1.807, 2.05) is 0 Å². The van der Waals surface area contributed by atoms with Crippen molar-refractivity contribution in [3.8, 4) is 0 Å². The quantitative estimate of drug-likeness (QED) is 0.853. The van der Waals surface area contributed by atoms with Crippen molar-refractivity contribution in [2.45, 2.75) is 26.3 Å². The molecule has 0 bridgehead atoms. The van der Waals surface area contributed by atoms with Crippen LogP contribution < -0.4 is 5.73 Å². The molecule has 2 rings (SSSR count). The first-order valence-electron chi connectivity index (χ1n) is 5.57. The van der Waals surface area contributed by atoms with Crippen LogP contribution in [0.1, 0.15) is 30.1 Å². The fraction of sp³-hybridized carbons (Fsp3) is 0.727. The monoisotopic (exact) mass is 225 g/mol. The summed E-state index contributed by atoms with van der Waals surface area (Å²) in [4.78, 5) is 7.04. The Hall–Kier alpha value is -0.450. The molecule has 2 N–H and O–H groups in total. The van der Waals surface area contributed by atoms with E-state index in [0.717, 1.165) is 18.1 Å². The van der Waals surface area contributed by atoms with Crippen LogP contribution in [0.15, 0.2) is 5.38 Å². The van der Waals surface area contributed by atoms with Gasteiger partial charge in [-0.15, -0.1) is 11.3 Å². The number of nitrogens with two attached hydrogens (primary N) is 1. The van der Waals surface area contributed by atoms with E-state index in [0.29, 0.717) is 12.0 Å². The van der Waals surface area contributed by atoms with Gasteiger partial charge < -0.3 is 5.73 Å². The Balaban J connectivity index is 2.00. The Bertz CT molecular complexity index is 323. The lowest BCUT2D eigenvalue weighted by molar-refractivity contribution is 0.250. The molecule has 84 valence electrons. The predicted molar refractivity (Wildman–Crippen MR) is 64.0 cm³/mol. The van der Waals surface area contributed by atoms with E-state index in [-0.39, 0.29) is 0 Å². The molecule has 1 aliphatic rings. The highest BCUT2D eigenvalue weighted by atomic mass is 32.1. The van der Waals surface area contributed by atoms with Crippen LogP contribution in [0, 0.1) is 12.8 Å². The van der Waals surface area contributed by atoms with Crippen molar-refractivity contribution in [2.24, 2.45) is 11.7 Å². The van der Waals surface area contributed by atoms with E-state index in [1.165, 1.54) is 18.7 Å². The summed E-state index contributed by atoms with van der Waals surface area (Å²) >= 11 is 1.74. The van der Waals surface area contributed by atoms with Gasteiger partial charge >= 0.3 is 0 Å². The van der Waals surface area contributed by atoms with Gasteiger partial charge in [0.15, 0.2) is 0 Å². The zero-order valence-corrected chi connectivity index (χ0v) is 10.3. The van der Waals surface area contributed by atoms with E-state index >= 15 is 0 Å². The summed E-state index contributed by atoms with van der Waals surface area (Å²) in [7, 11) is 0. The number of aryl methyl sites for hydroxylation is 1. The maximum Gasteiger partial charge on any atom is 0.0898 e. The van der Waals surface area contributed by atoms with Crippen molar-refractivity contribution in [3.63, 3.8) is 0 Å². The maximum absolute atomic E-state index is 5.70. The van der Waals surface area contributed by atoms with Crippen LogP contribution in [0.2, 0.25) is 0 Å². The van der Waals surface area contributed by atoms with Crippen LogP contribution >= 0.6 is 11.3 Å². The van der Waals surface area contributed by atoms with Crippen molar-refractivity contribution in [1.29, 1.82) is 0 Å². The third kappa shape index (κ3) is 2.38. The highest BCUT2D eigenvalue weighted by molar-refractivity contribution is 7.09. The minimum atomic E-state index is 0.450. The van der Waals surface area contributed by atoms with Gasteiger partial charge in [-0.1, -0.05) is 0 Å². The van der Waals surface area contributed by atoms with Gasteiger partial charge in [-0.3, -0.25) is 4.90 Å². The SMILES string of the molecule is Cc1nc(C(C)N2CCC(CN)C2)cs1. The Labute approximate surface area is 95.3 Å². The number of aromatic nitrogens is 1. The molecule has 1 aromatic heterocycles. The molecule has 0 saturated carbocycles. The number of hydrogen-bond acceptors (Lipinski definition) is 4. The molecule has 1 aromatic rings. The minimum absolute atomic E-state index is 0.450. The van der Waals surface area contributed by atoms with Crippen molar-refractivity contribution in [3.05, 3.63) is 16.1 Å². The number of rotatable bonds is 3. The van der Waals surface area contributed by atoms with Crippen LogP contribution in [0.25, 0.3) is 0 Å². The smallest absolute Gasteiger partial charge is 0.0898 e. The van der Waals surface area contributed by atoms with E-state index in [1.54, 1.807) is 11.3 Å². The van der Waals surface area contributed by atoms with E-state index in [2.05, 4.69) is 29.1 Å². The predicted octanol–water partition coefficient (Wildman–Crippen LogP) is 1.79. The largest absolute Gasteiger partial charge is 0.330 e. The summed E-state index contributed by atoms with van der Waals surface area (Å²) < 4.78 is 0. The fourth-order valence-electron chi connectivity index (χ4n) is 2.17. The molecule has 15 heavy (non-hydrogen) atoms. The first-order valence-corrected chi connectivity index (χ1v) is 6.45. The van der Waals surface area contributed by atoms with Gasteiger partial charge in [-0.05, 0) is 39.3 Å². The van der Waals surface area contributed by atoms with E-state index in [9.17, 15) is 0 Å². The molecule has 1 fully saturated rings. The summed E-state index contributed by atoms with van der Waals surface area (Å²) in [5.74, 6) is 0.687. The summed E-state index contributed by atoms with van der Waals surface area (Å²) in [5.41, 5.74) is 6.92. The molecule has 2 heterocycles. The first kappa shape index (κ1) is 11.0. The second kappa shape index (κ2) is 4.60. The molecule has 1 saturated heterocycles. The molecule has 1 aliphatic heterocycles. The normalized spacial score (nSPS) is 24.6. The van der Waals surface area contributed by atoms with Crippen LogP contribution in [0.5, 0.6) is 0 Å². The summed E-state index contributed by atoms with van der Waals surface area (Å²) in [6.45, 7) is 7.42. The molecule has 4 heteroatoms. The second-order valence-corrected chi connectivity index (χ2v) is 5.41. The molecule has 0 aliphatic carbocycles. The molecule has 0 amide bonds. The molecule has 0 radical (unpaired) electrons. The Morgan fingerprint density at radius 1 is 1.73 bits per heavy atom. The Morgan fingerprint density at radius 3 is 3.07 bits per heavy atom. The zero-order chi connectivity index (χ0) is 10.8. The van der Waals surface area contributed by atoms with Gasteiger partial charge in [0.2, 0.25) is 0 Å². The Kier molecular flexibility index (Phi) is 3.38. The van der Waals surface area contributed by atoms with Gasteiger partial charge in [0.25, 0.3) is 0 Å². The van der Waals surface area contributed by atoms with Gasteiger partial charge in [0, 0.05) is 11.9 Å². The molecule has 2 unspecified atom stereocenters. The average Bonchev–Trinajstić information content (AvgIpc) is 2.84. The maximum atomic E-state index is 5.70. The highest BCUT2D eigenvalue weighted by Gasteiger charge is 2.26. The minimum Gasteiger partial charge on any atom is -0.330 e. The van der Waals surface area contributed by atoms with Crippen molar-refractivity contribution < 1.29 is 0 Å². The summed E-state index contributed by atoms with van der Waals surface area (Å²) in [6, 6.07) is 0.450. The van der Waals surface area contributed by atoms with Gasteiger partial charge in [-0.2, -0.15) is 0 Å². The zero-order valence-electron chi connectivity index (χ0n) is 9.44. The van der Waals surface area contributed by atoms with Crippen LogP contribution in [-0.4, -0.2) is 29.5 Å². The lowest BCUT2D eigenvalue weighted by Crippen LogP contribution is -2.26. The van der Waals surface area contributed by atoms with Crippen LogP contribution in [0.3, 0.4) is 0 Å². The van der Waals surface area contributed by atoms with E-state index < -0.39 is 0 Å². The third-order valence-electron chi connectivity index (χ3n) is 3.26. The van der Waals surface area contributed by atoms with Crippen molar-refractivity contribution in [2.75, 3.05) is 19.6 Å². The third-order valence-corrected chi connectivity index (χ3v) is 4.05. The standard InChI is InChI=1S/C11H19N3S/c1-8(11-7-15-9(2)13-11)14-4-3-10(5-12)6-14/h7-8,10H,3-6,12H2,1-2H3. The number of likely N-dealkylation sites (tertiary alicyclic amines) is 1. The molecular weight excluding hydrogens is 206 g/mol. The first-order chi connectivity index (χ1) is 7.20. The fourth-order valence-corrected chi connectivity index (χ4v) is 2.86. The molecule has 3 nitrogen and oxygen atoms in total. The topological polar surface area (TPSA) is 42.2 Å². The molecular formula is C11H19N3S. The van der Waals surface area contributed by atoms with Gasteiger partial charge in [0.1, 0.15) is 0 Å². The van der Waals surface area contributed by atoms with Crippen molar-refractivity contribution in [1.82, 2.24) is 9.88 Å². The number of hydrogen-bond donors (Lipinski definition) is 1. The van der Waals surface area contributed by atoms with Gasteiger partial charge in [0.05, 0.1) is 16.7 Å². The van der Waals surface area contributed by atoms with Crippen LogP contribution in [-0.2, 0) is 0 Å². The van der Waals surface area contributed by atoms with Crippen molar-refractivity contribution >= 4 is 11.3 Å². The summed E-state index contributed by atoms with van der Waals surface area (Å²) in [5, 5.41) is 3.34. The molecule has 0 spiro atoms. The highest BCUT2D eigenvalue weighted by Crippen LogP contribution is 2.27. The lowest BCUT2D eigenvalue weighted by atomic mass is 10.1. The number of thiazole rings is 1. The second-order valence-electron chi connectivity index (χ2n) is 4.35. The number of nitrogens with zero attached hydrogens (tertiary/aromatic N) is 2. The lowest BCUT2D eigenvalue weighted by Gasteiger charge is -2.22. The summed E-state index contributed by atoms with van der Waals surface area (Å²) in [6.07, 6.45) is 1.24. The van der Waals surface area contributed by atoms with E-state index in [4.69, 9.17) is 5.73 Å².